The van der Waals surface area contributed by atoms with Crippen LogP contribution in [-0.4, -0.2) is 18.4 Å². The second-order valence-electron chi connectivity index (χ2n) is 5.41. The molecule has 0 aliphatic rings. The average Bonchev–Trinajstić information content (AvgIpc) is 2.51. The molecule has 2 aromatic rings. The van der Waals surface area contributed by atoms with Gasteiger partial charge in [0.15, 0.2) is 0 Å². The van der Waals surface area contributed by atoms with E-state index in [4.69, 9.17) is 0 Å². The largest absolute Gasteiger partial charge is 0.347 e. The minimum absolute atomic E-state index is 0.256. The third-order valence-electron chi connectivity index (χ3n) is 3.42. The fraction of sp³-hybridized carbons (Fsp3) is 0.222. The van der Waals surface area contributed by atoms with Gasteiger partial charge in [0, 0.05) is 12.2 Å². The van der Waals surface area contributed by atoms with Gasteiger partial charge in [0.05, 0.1) is 0 Å². The van der Waals surface area contributed by atoms with Crippen LogP contribution in [-0.2, 0) is 16.0 Å². The van der Waals surface area contributed by atoms with Crippen LogP contribution in [0.5, 0.6) is 0 Å². The van der Waals surface area contributed by atoms with E-state index in [0.29, 0.717) is 18.5 Å². The molecule has 0 aliphatic carbocycles. The molecule has 0 aliphatic heterocycles. The Bertz CT molecular complexity index is 729. The molecule has 0 fully saturated rings. The van der Waals surface area contributed by atoms with Gasteiger partial charge in [-0.1, -0.05) is 35.9 Å². The molecule has 4 nitrogen and oxygen atoms in total. The number of halogens is 1. The number of aryl methyl sites for hydroxylation is 2. The molecule has 5 heteroatoms. The topological polar surface area (TPSA) is 58.2 Å². The van der Waals surface area contributed by atoms with E-state index in [1.807, 2.05) is 31.2 Å². The van der Waals surface area contributed by atoms with Crippen molar-refractivity contribution in [3.05, 3.63) is 65.0 Å². The van der Waals surface area contributed by atoms with Gasteiger partial charge in [-0.3, -0.25) is 9.59 Å². The molecule has 0 atom stereocenters. The van der Waals surface area contributed by atoms with E-state index < -0.39 is 17.6 Å². The van der Waals surface area contributed by atoms with Gasteiger partial charge in [-0.2, -0.15) is 0 Å². The third kappa shape index (κ3) is 4.92. The Labute approximate surface area is 134 Å². The Kier molecular flexibility index (Phi) is 5.46. The van der Waals surface area contributed by atoms with Crippen LogP contribution in [0.4, 0.5) is 10.1 Å². The number of hydrogen-bond acceptors (Lipinski definition) is 2. The maximum atomic E-state index is 13.4. The standard InChI is InChI=1S/C18H19FN2O2/c1-12-4-3-5-14(10-12)8-9-20-17(22)18(23)21-15-7-6-13(2)16(19)11-15/h3-7,10-11H,8-9H2,1-2H3,(H,20,22)(H,21,23). The molecular weight excluding hydrogens is 295 g/mol. The van der Waals surface area contributed by atoms with Crippen LogP contribution in [0.2, 0.25) is 0 Å². The van der Waals surface area contributed by atoms with E-state index in [-0.39, 0.29) is 5.69 Å². The van der Waals surface area contributed by atoms with E-state index in [1.165, 1.54) is 6.07 Å². The van der Waals surface area contributed by atoms with Gasteiger partial charge in [0.25, 0.3) is 0 Å². The lowest BCUT2D eigenvalue weighted by Crippen LogP contribution is -2.36. The number of anilines is 1. The number of benzene rings is 2. The van der Waals surface area contributed by atoms with Crippen molar-refractivity contribution in [3.63, 3.8) is 0 Å². The zero-order valence-corrected chi connectivity index (χ0v) is 13.2. The highest BCUT2D eigenvalue weighted by Crippen LogP contribution is 2.13. The van der Waals surface area contributed by atoms with Crippen LogP contribution in [0.15, 0.2) is 42.5 Å². The molecule has 0 saturated carbocycles. The summed E-state index contributed by atoms with van der Waals surface area (Å²) in [5.41, 5.74) is 2.97. The Morgan fingerprint density at radius 3 is 2.52 bits per heavy atom. The highest BCUT2D eigenvalue weighted by atomic mass is 19.1. The van der Waals surface area contributed by atoms with Crippen molar-refractivity contribution in [1.29, 1.82) is 0 Å². The second kappa shape index (κ2) is 7.54. The number of carbonyl (C=O) groups excluding carboxylic acids is 2. The second-order valence-corrected chi connectivity index (χ2v) is 5.41. The van der Waals surface area contributed by atoms with Gasteiger partial charge in [-0.15, -0.1) is 0 Å². The van der Waals surface area contributed by atoms with Crippen LogP contribution in [0.1, 0.15) is 16.7 Å². The van der Waals surface area contributed by atoms with Crippen LogP contribution in [0, 0.1) is 19.7 Å². The minimum atomic E-state index is -0.808. The van der Waals surface area contributed by atoms with E-state index in [1.54, 1.807) is 19.1 Å². The van der Waals surface area contributed by atoms with Crippen molar-refractivity contribution in [2.45, 2.75) is 20.3 Å². The van der Waals surface area contributed by atoms with Crippen molar-refractivity contribution < 1.29 is 14.0 Å². The summed E-state index contributed by atoms with van der Waals surface area (Å²) in [6.45, 7) is 3.98. The number of nitrogens with one attached hydrogen (secondary N) is 2. The lowest BCUT2D eigenvalue weighted by Gasteiger charge is -2.08. The summed E-state index contributed by atoms with van der Waals surface area (Å²) >= 11 is 0. The maximum absolute atomic E-state index is 13.4. The lowest BCUT2D eigenvalue weighted by atomic mass is 10.1. The summed E-state index contributed by atoms with van der Waals surface area (Å²) < 4.78 is 13.4. The molecule has 2 N–H and O–H groups in total. The van der Waals surface area contributed by atoms with Gasteiger partial charge in [0.1, 0.15) is 5.82 Å². The number of rotatable bonds is 4. The summed E-state index contributed by atoms with van der Waals surface area (Å²) in [4.78, 5) is 23.5. The van der Waals surface area contributed by atoms with Crippen LogP contribution < -0.4 is 10.6 Å². The Balaban J connectivity index is 1.83. The Hall–Kier alpha value is -2.69. The van der Waals surface area contributed by atoms with E-state index in [0.717, 1.165) is 11.1 Å². The van der Waals surface area contributed by atoms with Gasteiger partial charge < -0.3 is 10.6 Å². The van der Waals surface area contributed by atoms with E-state index >= 15 is 0 Å². The normalized spacial score (nSPS) is 10.2. The first kappa shape index (κ1) is 16.7. The smallest absolute Gasteiger partial charge is 0.313 e. The van der Waals surface area contributed by atoms with Gasteiger partial charge in [-0.25, -0.2) is 4.39 Å². The van der Waals surface area contributed by atoms with Crippen molar-refractivity contribution in [2.24, 2.45) is 0 Å². The zero-order valence-electron chi connectivity index (χ0n) is 13.2. The fourth-order valence-corrected chi connectivity index (χ4v) is 2.13. The molecule has 23 heavy (non-hydrogen) atoms. The molecule has 120 valence electrons. The number of amides is 2. The minimum Gasteiger partial charge on any atom is -0.347 e. The molecular formula is C18H19FN2O2. The monoisotopic (exact) mass is 314 g/mol. The summed E-state index contributed by atoms with van der Waals surface area (Å²) in [5.74, 6) is -1.97. The molecule has 0 bridgehead atoms. The first-order valence-electron chi connectivity index (χ1n) is 7.36. The molecule has 0 spiro atoms. The fourth-order valence-electron chi connectivity index (χ4n) is 2.13. The molecule has 2 aromatic carbocycles. The average molecular weight is 314 g/mol. The lowest BCUT2D eigenvalue weighted by molar-refractivity contribution is -0.136. The summed E-state index contributed by atoms with van der Waals surface area (Å²) in [5, 5.41) is 4.93. The van der Waals surface area contributed by atoms with Gasteiger partial charge >= 0.3 is 11.8 Å². The van der Waals surface area contributed by atoms with Crippen molar-refractivity contribution >= 4 is 17.5 Å². The van der Waals surface area contributed by atoms with Gasteiger partial charge in [-0.05, 0) is 43.5 Å². The molecule has 2 amide bonds. The number of carbonyl (C=O) groups is 2. The van der Waals surface area contributed by atoms with Crippen molar-refractivity contribution in [3.8, 4) is 0 Å². The summed E-state index contributed by atoms with van der Waals surface area (Å²) in [6.07, 6.45) is 0.639. The molecule has 0 unspecified atom stereocenters. The SMILES string of the molecule is Cc1cccc(CCNC(=O)C(=O)Nc2ccc(C)c(F)c2)c1. The van der Waals surface area contributed by atoms with Crippen LogP contribution in [0.25, 0.3) is 0 Å². The zero-order chi connectivity index (χ0) is 16.8. The molecule has 0 aromatic heterocycles. The maximum Gasteiger partial charge on any atom is 0.313 e. The molecule has 2 rings (SSSR count). The molecule has 0 radical (unpaired) electrons. The highest BCUT2D eigenvalue weighted by molar-refractivity contribution is 6.39. The van der Waals surface area contributed by atoms with Gasteiger partial charge in [0.2, 0.25) is 0 Å². The predicted molar refractivity (Wildman–Crippen MR) is 87.7 cm³/mol. The highest BCUT2D eigenvalue weighted by Gasteiger charge is 2.13. The quantitative estimate of drug-likeness (QED) is 0.853. The molecule has 0 heterocycles. The van der Waals surface area contributed by atoms with Crippen molar-refractivity contribution in [2.75, 3.05) is 11.9 Å². The predicted octanol–water partition coefficient (Wildman–Crippen LogP) is 2.74. The van der Waals surface area contributed by atoms with E-state index in [9.17, 15) is 14.0 Å². The van der Waals surface area contributed by atoms with E-state index in [2.05, 4.69) is 10.6 Å². The Morgan fingerprint density at radius 2 is 1.83 bits per heavy atom. The Morgan fingerprint density at radius 1 is 1.04 bits per heavy atom. The number of hydrogen-bond donors (Lipinski definition) is 2. The summed E-state index contributed by atoms with van der Waals surface area (Å²) in [7, 11) is 0. The molecule has 0 saturated heterocycles. The van der Waals surface area contributed by atoms with Crippen LogP contribution >= 0.6 is 0 Å². The first-order chi connectivity index (χ1) is 11.0. The van der Waals surface area contributed by atoms with Crippen molar-refractivity contribution in [1.82, 2.24) is 5.32 Å². The van der Waals surface area contributed by atoms with Crippen LogP contribution in [0.3, 0.4) is 0 Å². The summed E-state index contributed by atoms with van der Waals surface area (Å²) in [6, 6.07) is 12.2. The first-order valence-corrected chi connectivity index (χ1v) is 7.36. The third-order valence-corrected chi connectivity index (χ3v) is 3.42.